The highest BCUT2D eigenvalue weighted by Crippen LogP contribution is 2.21. The van der Waals surface area contributed by atoms with E-state index >= 15 is 0 Å². The van der Waals surface area contributed by atoms with Crippen LogP contribution in [-0.4, -0.2) is 30.1 Å². The quantitative estimate of drug-likeness (QED) is 0.814. The third-order valence-corrected chi connectivity index (χ3v) is 6.25. The third-order valence-electron chi connectivity index (χ3n) is 2.41. The van der Waals surface area contributed by atoms with Crippen molar-refractivity contribution >= 4 is 32.9 Å². The van der Waals surface area contributed by atoms with Gasteiger partial charge in [0.2, 0.25) is 0 Å². The Morgan fingerprint density at radius 2 is 2.21 bits per heavy atom. The van der Waals surface area contributed by atoms with E-state index in [1.807, 2.05) is 6.07 Å². The molecule has 8 heteroatoms. The molecule has 2 rings (SSSR count). The van der Waals surface area contributed by atoms with Gasteiger partial charge in [0.1, 0.15) is 5.51 Å². The molecule has 1 heterocycles. The zero-order valence-electron chi connectivity index (χ0n) is 10.0. The van der Waals surface area contributed by atoms with Crippen LogP contribution in [0.5, 0.6) is 0 Å². The molecule has 2 N–H and O–H groups in total. The van der Waals surface area contributed by atoms with Crippen molar-refractivity contribution in [2.75, 3.05) is 11.5 Å². The van der Waals surface area contributed by atoms with E-state index in [0.29, 0.717) is 17.2 Å². The first-order valence-electron chi connectivity index (χ1n) is 5.52. The first-order valence-corrected chi connectivity index (χ1v) is 9.04. The van der Waals surface area contributed by atoms with E-state index in [-0.39, 0.29) is 5.75 Å². The van der Waals surface area contributed by atoms with Crippen LogP contribution in [0.1, 0.15) is 5.56 Å². The first-order chi connectivity index (χ1) is 9.12. The van der Waals surface area contributed by atoms with E-state index in [2.05, 4.69) is 10.2 Å². The van der Waals surface area contributed by atoms with Crippen LogP contribution in [0.4, 0.5) is 0 Å². The number of hydrogen-bond donors (Lipinski definition) is 1. The number of thioether (sulfide) groups is 1. The first kappa shape index (κ1) is 14.4. The summed E-state index contributed by atoms with van der Waals surface area (Å²) in [5, 5.41) is 7.56. The van der Waals surface area contributed by atoms with Gasteiger partial charge < -0.3 is 5.73 Å². The van der Waals surface area contributed by atoms with E-state index in [0.717, 1.165) is 9.90 Å². The van der Waals surface area contributed by atoms with Gasteiger partial charge in [-0.25, -0.2) is 8.42 Å². The summed E-state index contributed by atoms with van der Waals surface area (Å²) in [6.07, 6.45) is 0. The minimum atomic E-state index is -3.27. The number of nitrogens with two attached hydrogens (primary N) is 1. The molecule has 0 fully saturated rings. The molecule has 0 atom stereocenters. The molecule has 0 radical (unpaired) electrons. The maximum absolute atomic E-state index is 12.1. The lowest BCUT2D eigenvalue weighted by Gasteiger charge is -2.05. The predicted octanol–water partition coefficient (Wildman–Crippen LogP) is 1.56. The summed E-state index contributed by atoms with van der Waals surface area (Å²) in [6.45, 7) is 0.336. The Hall–Kier alpha value is -0.960. The molecule has 0 unspecified atom stereocenters. The highest BCUT2D eigenvalue weighted by molar-refractivity contribution is 8.02. The van der Waals surface area contributed by atoms with E-state index in [9.17, 15) is 8.42 Å². The molecular weight excluding hydrogens is 302 g/mol. The van der Waals surface area contributed by atoms with Gasteiger partial charge in [0.25, 0.3) is 0 Å². The molecule has 0 aliphatic rings. The number of nitrogens with zero attached hydrogens (tertiary/aromatic N) is 2. The maximum atomic E-state index is 12.1. The molecule has 0 aliphatic carbocycles. The lowest BCUT2D eigenvalue weighted by molar-refractivity contribution is 0.597. The summed E-state index contributed by atoms with van der Waals surface area (Å²) >= 11 is 2.80. The fourth-order valence-corrected chi connectivity index (χ4v) is 4.72. The Kier molecular flexibility index (Phi) is 4.92. The Balaban J connectivity index is 2.01. The van der Waals surface area contributed by atoms with Gasteiger partial charge in [-0.15, -0.1) is 10.2 Å². The molecule has 0 amide bonds. The molecule has 1 aromatic heterocycles. The van der Waals surface area contributed by atoms with Crippen LogP contribution in [0.15, 0.2) is 39.0 Å². The van der Waals surface area contributed by atoms with Gasteiger partial charge in [-0.05, 0) is 17.7 Å². The summed E-state index contributed by atoms with van der Waals surface area (Å²) < 4.78 is 25.1. The molecule has 0 saturated carbocycles. The summed E-state index contributed by atoms with van der Waals surface area (Å²) in [7, 11) is -3.27. The zero-order chi connectivity index (χ0) is 13.7. The van der Waals surface area contributed by atoms with Gasteiger partial charge >= 0.3 is 0 Å². The molecule has 0 saturated heterocycles. The monoisotopic (exact) mass is 315 g/mol. The highest BCUT2D eigenvalue weighted by atomic mass is 32.2. The molecular formula is C11H13N3O2S3. The van der Waals surface area contributed by atoms with Crippen LogP contribution in [0.2, 0.25) is 0 Å². The van der Waals surface area contributed by atoms with Crippen molar-refractivity contribution in [2.24, 2.45) is 5.73 Å². The second-order valence-electron chi connectivity index (χ2n) is 3.72. The number of sulfone groups is 1. The summed E-state index contributed by atoms with van der Waals surface area (Å²) in [4.78, 5) is 0.327. The Morgan fingerprint density at radius 3 is 2.89 bits per heavy atom. The summed E-state index contributed by atoms with van der Waals surface area (Å²) in [5.41, 5.74) is 7.96. The highest BCUT2D eigenvalue weighted by Gasteiger charge is 2.15. The van der Waals surface area contributed by atoms with Crippen molar-refractivity contribution < 1.29 is 8.42 Å². The molecule has 0 spiro atoms. The molecule has 2 aromatic rings. The summed E-state index contributed by atoms with van der Waals surface area (Å²) in [6, 6.07) is 6.76. The van der Waals surface area contributed by atoms with Crippen LogP contribution in [0, 0.1) is 0 Å². The minimum Gasteiger partial charge on any atom is -0.326 e. The van der Waals surface area contributed by atoms with Crippen LogP contribution >= 0.6 is 23.1 Å². The number of benzene rings is 1. The van der Waals surface area contributed by atoms with Crippen molar-refractivity contribution in [3.8, 4) is 0 Å². The maximum Gasteiger partial charge on any atom is 0.179 e. The van der Waals surface area contributed by atoms with Crippen LogP contribution in [-0.2, 0) is 16.4 Å². The van der Waals surface area contributed by atoms with Gasteiger partial charge in [0, 0.05) is 12.3 Å². The van der Waals surface area contributed by atoms with Crippen molar-refractivity contribution in [1.29, 1.82) is 0 Å². The predicted molar refractivity (Wildman–Crippen MR) is 77.0 cm³/mol. The fourth-order valence-electron chi connectivity index (χ4n) is 1.45. The second-order valence-corrected chi connectivity index (χ2v) is 8.01. The van der Waals surface area contributed by atoms with E-state index in [1.165, 1.54) is 23.1 Å². The Labute approximate surface area is 120 Å². The van der Waals surface area contributed by atoms with Crippen molar-refractivity contribution in [3.05, 3.63) is 35.3 Å². The minimum absolute atomic E-state index is 0.0747. The zero-order valence-corrected chi connectivity index (χ0v) is 12.5. The largest absolute Gasteiger partial charge is 0.326 e. The Morgan fingerprint density at radius 1 is 1.37 bits per heavy atom. The second kappa shape index (κ2) is 6.47. The van der Waals surface area contributed by atoms with Crippen molar-refractivity contribution in [2.45, 2.75) is 15.8 Å². The summed E-state index contributed by atoms with van der Waals surface area (Å²) in [5.74, 6) is 0.537. The average molecular weight is 315 g/mol. The molecule has 1 aromatic carbocycles. The molecule has 0 bridgehead atoms. The Bertz CT molecular complexity index is 626. The van der Waals surface area contributed by atoms with Crippen molar-refractivity contribution in [1.82, 2.24) is 10.2 Å². The normalized spacial score (nSPS) is 11.6. The lowest BCUT2D eigenvalue weighted by Crippen LogP contribution is -2.09. The van der Waals surface area contributed by atoms with E-state index in [1.54, 1.807) is 23.7 Å². The molecule has 5 nitrogen and oxygen atoms in total. The standard InChI is InChI=1S/C11H13N3O2S3/c12-7-9-2-1-3-10(6-9)19(15,16)5-4-17-11-14-13-8-18-11/h1-3,6,8H,4-5,7,12H2. The third kappa shape index (κ3) is 4.00. The fraction of sp³-hybridized carbons (Fsp3) is 0.273. The smallest absolute Gasteiger partial charge is 0.179 e. The van der Waals surface area contributed by atoms with Gasteiger partial charge in [-0.3, -0.25) is 0 Å². The topological polar surface area (TPSA) is 85.9 Å². The SMILES string of the molecule is NCc1cccc(S(=O)(=O)CCSc2nncs2)c1. The van der Waals surface area contributed by atoms with Crippen LogP contribution in [0.25, 0.3) is 0 Å². The number of aromatic nitrogens is 2. The van der Waals surface area contributed by atoms with Crippen LogP contribution < -0.4 is 5.73 Å². The molecule has 102 valence electrons. The van der Waals surface area contributed by atoms with E-state index in [4.69, 9.17) is 5.73 Å². The van der Waals surface area contributed by atoms with Crippen molar-refractivity contribution in [3.63, 3.8) is 0 Å². The lowest BCUT2D eigenvalue weighted by atomic mass is 10.2. The van der Waals surface area contributed by atoms with Gasteiger partial charge in [0.05, 0.1) is 10.6 Å². The number of hydrogen-bond acceptors (Lipinski definition) is 7. The van der Waals surface area contributed by atoms with Gasteiger partial charge in [-0.1, -0.05) is 35.2 Å². The number of rotatable bonds is 6. The molecule has 0 aliphatic heterocycles. The van der Waals surface area contributed by atoms with E-state index < -0.39 is 9.84 Å². The van der Waals surface area contributed by atoms with Crippen LogP contribution in [0.3, 0.4) is 0 Å². The molecule has 19 heavy (non-hydrogen) atoms. The van der Waals surface area contributed by atoms with Gasteiger partial charge in [-0.2, -0.15) is 0 Å². The van der Waals surface area contributed by atoms with Gasteiger partial charge in [0.15, 0.2) is 14.2 Å². The average Bonchev–Trinajstić information content (AvgIpc) is 2.92.